The fourth-order valence-corrected chi connectivity index (χ4v) is 2.93. The number of hydrogen-bond acceptors (Lipinski definition) is 5. The molecular weight excluding hydrogens is 323 g/mol. The van der Waals surface area contributed by atoms with E-state index in [0.717, 1.165) is 38.0 Å². The summed E-state index contributed by atoms with van der Waals surface area (Å²) in [5.41, 5.74) is 1.24. The van der Waals surface area contributed by atoms with Gasteiger partial charge < -0.3 is 4.74 Å². The van der Waals surface area contributed by atoms with Crippen LogP contribution in [0.15, 0.2) is 36.5 Å². The minimum Gasteiger partial charge on any atom is -0.464 e. The number of halogens is 1. The smallest absolute Gasteiger partial charge is 0.360 e. The number of rotatable bonds is 5. The van der Waals surface area contributed by atoms with E-state index in [0.29, 0.717) is 0 Å². The standard InChI is InChI=1S/C18H21FN4O2/c1-25-18(24)17-13-23(21-20-17)16-8-11-22(12-9-16)10-2-3-14-4-6-15(19)7-5-14/h2-7,13,16H,8-12H2,1H3/b3-2+. The minimum absolute atomic E-state index is 0.220. The third-order valence-electron chi connectivity index (χ3n) is 4.38. The minimum atomic E-state index is -0.463. The first kappa shape index (κ1) is 17.3. The van der Waals surface area contributed by atoms with Crippen molar-refractivity contribution in [2.24, 2.45) is 0 Å². The number of carbonyl (C=O) groups is 1. The molecule has 3 rings (SSSR count). The number of hydrogen-bond donors (Lipinski definition) is 0. The molecular formula is C18H21FN4O2. The van der Waals surface area contributed by atoms with Crippen LogP contribution in [0.3, 0.4) is 0 Å². The zero-order chi connectivity index (χ0) is 17.6. The third kappa shape index (κ3) is 4.51. The Morgan fingerprint density at radius 1 is 1.32 bits per heavy atom. The van der Waals surface area contributed by atoms with Crippen LogP contribution in [0.4, 0.5) is 4.39 Å². The number of nitrogens with zero attached hydrogens (tertiary/aromatic N) is 4. The summed E-state index contributed by atoms with van der Waals surface area (Å²) in [6.45, 7) is 2.76. The van der Waals surface area contributed by atoms with Crippen molar-refractivity contribution in [3.63, 3.8) is 0 Å². The number of benzene rings is 1. The van der Waals surface area contributed by atoms with Crippen molar-refractivity contribution in [2.45, 2.75) is 18.9 Å². The molecule has 0 radical (unpaired) electrons. The number of methoxy groups -OCH3 is 1. The van der Waals surface area contributed by atoms with E-state index in [-0.39, 0.29) is 17.6 Å². The Bertz CT molecular complexity index is 734. The van der Waals surface area contributed by atoms with Gasteiger partial charge in [-0.1, -0.05) is 29.5 Å². The lowest BCUT2D eigenvalue weighted by molar-refractivity contribution is 0.0594. The zero-order valence-corrected chi connectivity index (χ0v) is 14.1. The summed E-state index contributed by atoms with van der Waals surface area (Å²) in [4.78, 5) is 13.8. The van der Waals surface area contributed by atoms with Gasteiger partial charge in [-0.3, -0.25) is 4.90 Å². The number of carbonyl (C=O) groups excluding carboxylic acids is 1. The molecule has 1 aliphatic rings. The average molecular weight is 344 g/mol. The maximum Gasteiger partial charge on any atom is 0.360 e. The summed E-state index contributed by atoms with van der Waals surface area (Å²) in [6.07, 6.45) is 7.66. The zero-order valence-electron chi connectivity index (χ0n) is 14.1. The average Bonchev–Trinajstić information content (AvgIpc) is 3.13. The van der Waals surface area contributed by atoms with Crippen LogP contribution < -0.4 is 0 Å². The predicted octanol–water partition coefficient (Wildman–Crippen LogP) is 2.55. The molecule has 0 atom stereocenters. The molecule has 0 aliphatic carbocycles. The van der Waals surface area contributed by atoms with Crippen molar-refractivity contribution < 1.29 is 13.9 Å². The van der Waals surface area contributed by atoms with Crippen LogP contribution in [0.2, 0.25) is 0 Å². The molecule has 132 valence electrons. The van der Waals surface area contributed by atoms with E-state index in [1.807, 2.05) is 6.08 Å². The van der Waals surface area contributed by atoms with E-state index in [9.17, 15) is 9.18 Å². The SMILES string of the molecule is COC(=O)c1cn(C2CCN(C/C=C/c3ccc(F)cc3)CC2)nn1. The number of likely N-dealkylation sites (tertiary alicyclic amines) is 1. The summed E-state index contributed by atoms with van der Waals surface area (Å²) < 4.78 is 19.3. The van der Waals surface area contributed by atoms with Crippen LogP contribution >= 0.6 is 0 Å². The molecule has 0 bridgehead atoms. The lowest BCUT2D eigenvalue weighted by Gasteiger charge is -2.30. The largest absolute Gasteiger partial charge is 0.464 e. The van der Waals surface area contributed by atoms with Gasteiger partial charge in [0.25, 0.3) is 0 Å². The molecule has 1 aromatic carbocycles. The molecule has 6 nitrogen and oxygen atoms in total. The van der Waals surface area contributed by atoms with E-state index >= 15 is 0 Å². The highest BCUT2D eigenvalue weighted by atomic mass is 19.1. The molecule has 0 N–H and O–H groups in total. The molecule has 0 unspecified atom stereocenters. The maximum atomic E-state index is 12.9. The number of piperidine rings is 1. The van der Waals surface area contributed by atoms with Gasteiger partial charge in [0.2, 0.25) is 0 Å². The van der Waals surface area contributed by atoms with Gasteiger partial charge in [-0.25, -0.2) is 13.9 Å². The van der Waals surface area contributed by atoms with E-state index in [1.165, 1.54) is 19.2 Å². The Labute approximate surface area is 145 Å². The Morgan fingerprint density at radius 3 is 2.72 bits per heavy atom. The highest BCUT2D eigenvalue weighted by Crippen LogP contribution is 2.21. The van der Waals surface area contributed by atoms with Crippen molar-refractivity contribution in [1.29, 1.82) is 0 Å². The fraction of sp³-hybridized carbons (Fsp3) is 0.389. The molecule has 7 heteroatoms. The molecule has 2 heterocycles. The highest BCUT2D eigenvalue weighted by molar-refractivity contribution is 5.86. The summed E-state index contributed by atoms with van der Waals surface area (Å²) in [5.74, 6) is -0.683. The van der Waals surface area contributed by atoms with Gasteiger partial charge >= 0.3 is 5.97 Å². The van der Waals surface area contributed by atoms with Gasteiger partial charge in [0, 0.05) is 19.6 Å². The van der Waals surface area contributed by atoms with Gasteiger partial charge in [0.15, 0.2) is 5.69 Å². The molecule has 25 heavy (non-hydrogen) atoms. The van der Waals surface area contributed by atoms with E-state index in [1.54, 1.807) is 23.0 Å². The molecule has 0 spiro atoms. The molecule has 0 saturated carbocycles. The first-order valence-corrected chi connectivity index (χ1v) is 8.30. The summed E-state index contributed by atoms with van der Waals surface area (Å²) in [7, 11) is 1.33. The van der Waals surface area contributed by atoms with Crippen molar-refractivity contribution in [3.8, 4) is 0 Å². The summed E-state index contributed by atoms with van der Waals surface area (Å²) in [5, 5.41) is 7.90. The van der Waals surface area contributed by atoms with Crippen LogP contribution in [0, 0.1) is 5.82 Å². The predicted molar refractivity (Wildman–Crippen MR) is 91.5 cm³/mol. The Hall–Kier alpha value is -2.54. The molecule has 1 fully saturated rings. The Balaban J connectivity index is 1.47. The third-order valence-corrected chi connectivity index (χ3v) is 4.38. The van der Waals surface area contributed by atoms with Crippen LogP contribution in [0.5, 0.6) is 0 Å². The fourth-order valence-electron chi connectivity index (χ4n) is 2.93. The van der Waals surface area contributed by atoms with Gasteiger partial charge in [-0.05, 0) is 30.5 Å². The van der Waals surface area contributed by atoms with Crippen LogP contribution in [-0.2, 0) is 4.74 Å². The quantitative estimate of drug-likeness (QED) is 0.780. The molecule has 2 aromatic rings. The maximum absolute atomic E-state index is 12.9. The monoisotopic (exact) mass is 344 g/mol. The van der Waals surface area contributed by atoms with E-state index in [4.69, 9.17) is 0 Å². The second-order valence-electron chi connectivity index (χ2n) is 6.06. The highest BCUT2D eigenvalue weighted by Gasteiger charge is 2.22. The lowest BCUT2D eigenvalue weighted by Crippen LogP contribution is -2.34. The normalized spacial score (nSPS) is 16.4. The number of ether oxygens (including phenoxy) is 1. The molecule has 1 aliphatic heterocycles. The van der Waals surface area contributed by atoms with Crippen molar-refractivity contribution in [2.75, 3.05) is 26.7 Å². The van der Waals surface area contributed by atoms with Gasteiger partial charge in [-0.15, -0.1) is 5.10 Å². The van der Waals surface area contributed by atoms with E-state index in [2.05, 4.69) is 26.0 Å². The Morgan fingerprint density at radius 2 is 2.04 bits per heavy atom. The van der Waals surface area contributed by atoms with Crippen LogP contribution in [-0.4, -0.2) is 52.6 Å². The van der Waals surface area contributed by atoms with Gasteiger partial charge in [0.1, 0.15) is 5.82 Å². The topological polar surface area (TPSA) is 60.2 Å². The second-order valence-corrected chi connectivity index (χ2v) is 6.06. The first-order chi connectivity index (χ1) is 12.2. The van der Waals surface area contributed by atoms with Crippen molar-refractivity contribution in [1.82, 2.24) is 19.9 Å². The van der Waals surface area contributed by atoms with Gasteiger partial charge in [0.05, 0.1) is 19.3 Å². The number of esters is 1. The molecule has 1 aromatic heterocycles. The second kappa shape index (κ2) is 8.02. The number of aromatic nitrogens is 3. The van der Waals surface area contributed by atoms with Crippen molar-refractivity contribution in [3.05, 3.63) is 53.6 Å². The molecule has 0 amide bonds. The van der Waals surface area contributed by atoms with Crippen LogP contribution in [0.25, 0.3) is 6.08 Å². The van der Waals surface area contributed by atoms with E-state index < -0.39 is 5.97 Å². The van der Waals surface area contributed by atoms with Crippen LogP contribution in [0.1, 0.15) is 34.9 Å². The summed E-state index contributed by atoms with van der Waals surface area (Å²) in [6, 6.07) is 6.71. The van der Waals surface area contributed by atoms with Gasteiger partial charge in [-0.2, -0.15) is 0 Å². The first-order valence-electron chi connectivity index (χ1n) is 8.30. The Kier molecular flexibility index (Phi) is 5.55. The summed E-state index contributed by atoms with van der Waals surface area (Å²) >= 11 is 0. The molecule has 1 saturated heterocycles. The van der Waals surface area contributed by atoms with Crippen molar-refractivity contribution >= 4 is 12.0 Å². The lowest BCUT2D eigenvalue weighted by atomic mass is 10.1.